The lowest BCUT2D eigenvalue weighted by atomic mass is 10.0. The molecule has 1 atom stereocenters. The van der Waals surface area contributed by atoms with E-state index in [1.807, 2.05) is 55.8 Å². The molecule has 0 unspecified atom stereocenters. The minimum absolute atomic E-state index is 0.0108. The summed E-state index contributed by atoms with van der Waals surface area (Å²) < 4.78 is 17.2. The van der Waals surface area contributed by atoms with E-state index in [9.17, 15) is 9.18 Å². The molecule has 0 aliphatic carbocycles. The Hall–Kier alpha value is -3.74. The van der Waals surface area contributed by atoms with Crippen LogP contribution in [-0.4, -0.2) is 19.3 Å². The minimum Gasteiger partial charge on any atom is -0.348 e. The highest BCUT2D eigenvalue weighted by molar-refractivity contribution is 5.79. The molecule has 164 valence electrons. The maximum atomic E-state index is 13.5. The molecule has 4 rings (SSSR count). The second-order valence-corrected chi connectivity index (χ2v) is 7.51. The number of aromatic nitrogens is 4. The van der Waals surface area contributed by atoms with Gasteiger partial charge in [-0.1, -0.05) is 42.5 Å². The lowest BCUT2D eigenvalue weighted by molar-refractivity contribution is 0.481. The smallest absolute Gasteiger partial charge is 0.275 e. The first-order chi connectivity index (χ1) is 15.5. The van der Waals surface area contributed by atoms with Gasteiger partial charge in [-0.3, -0.25) is 9.48 Å². The normalized spacial score (nSPS) is 12.0. The van der Waals surface area contributed by atoms with E-state index in [4.69, 9.17) is 4.98 Å². The van der Waals surface area contributed by atoms with Crippen LogP contribution in [0.5, 0.6) is 0 Å². The molecular weight excluding hydrogens is 405 g/mol. The van der Waals surface area contributed by atoms with Crippen LogP contribution < -0.4 is 10.9 Å². The maximum Gasteiger partial charge on any atom is 0.275 e. The lowest BCUT2D eigenvalue weighted by Gasteiger charge is -2.16. The van der Waals surface area contributed by atoms with Crippen LogP contribution in [-0.2, 0) is 13.1 Å². The van der Waals surface area contributed by atoms with Gasteiger partial charge < -0.3 is 5.32 Å². The highest BCUT2D eigenvalue weighted by Crippen LogP contribution is 2.30. The van der Waals surface area contributed by atoms with Crippen LogP contribution in [0.2, 0.25) is 0 Å². The van der Waals surface area contributed by atoms with Crippen molar-refractivity contribution < 1.29 is 4.39 Å². The van der Waals surface area contributed by atoms with Gasteiger partial charge >= 0.3 is 0 Å². The van der Waals surface area contributed by atoms with E-state index in [0.29, 0.717) is 41.6 Å². The summed E-state index contributed by atoms with van der Waals surface area (Å²) in [6.45, 7) is 7.07. The zero-order valence-electron chi connectivity index (χ0n) is 18.4. The van der Waals surface area contributed by atoms with Crippen molar-refractivity contribution in [2.75, 3.05) is 5.32 Å². The summed E-state index contributed by atoms with van der Waals surface area (Å²) in [7, 11) is 0. The van der Waals surface area contributed by atoms with E-state index in [-0.39, 0.29) is 17.4 Å². The molecule has 2 heterocycles. The summed E-state index contributed by atoms with van der Waals surface area (Å²) >= 11 is 0. The monoisotopic (exact) mass is 431 g/mol. The molecule has 32 heavy (non-hydrogen) atoms. The molecule has 6 nitrogen and oxygen atoms in total. The molecule has 0 aliphatic heterocycles. The van der Waals surface area contributed by atoms with Crippen molar-refractivity contribution in [1.29, 1.82) is 0 Å². The average Bonchev–Trinajstić information content (AvgIpc) is 3.11. The quantitative estimate of drug-likeness (QED) is 0.441. The fourth-order valence-electron chi connectivity index (χ4n) is 3.95. The second-order valence-electron chi connectivity index (χ2n) is 7.51. The van der Waals surface area contributed by atoms with E-state index in [2.05, 4.69) is 10.3 Å². The van der Waals surface area contributed by atoms with Gasteiger partial charge in [0, 0.05) is 19.3 Å². The van der Waals surface area contributed by atoms with Crippen LogP contribution in [0.4, 0.5) is 10.3 Å². The molecule has 0 amide bonds. The molecule has 0 saturated heterocycles. The molecule has 2 aromatic carbocycles. The highest BCUT2D eigenvalue weighted by Gasteiger charge is 2.23. The summed E-state index contributed by atoms with van der Waals surface area (Å²) in [6, 6.07) is 17.9. The molecule has 0 fully saturated rings. The maximum absolute atomic E-state index is 13.5. The Labute approximate surface area is 186 Å². The predicted octanol–water partition coefficient (Wildman–Crippen LogP) is 5.13. The minimum atomic E-state index is -0.343. The largest absolute Gasteiger partial charge is 0.348 e. The van der Waals surface area contributed by atoms with Gasteiger partial charge in [-0.05, 0) is 50.1 Å². The summed E-state index contributed by atoms with van der Waals surface area (Å²) in [5.74, 6) is 0.132. The first kappa shape index (κ1) is 21.5. The standard InChI is InChI=1S/C25H26FN5O/c1-4-30-23(22(24(32)31(30)5-2)19-11-13-20(26)14-12-19)21-15-16-27-25(29-21)28-17(3)18-9-7-6-8-10-18/h6-17H,4-5H2,1-3H3,(H,27,28,29)/t17-/m0/s1. The van der Waals surface area contributed by atoms with Crippen LogP contribution >= 0.6 is 0 Å². The van der Waals surface area contributed by atoms with Gasteiger partial charge in [0.05, 0.1) is 23.0 Å². The number of anilines is 1. The van der Waals surface area contributed by atoms with Gasteiger partial charge in [-0.15, -0.1) is 0 Å². The Bertz CT molecular complexity index is 1260. The molecule has 0 radical (unpaired) electrons. The fraction of sp³-hybridized carbons (Fsp3) is 0.240. The van der Waals surface area contributed by atoms with Crippen molar-refractivity contribution in [1.82, 2.24) is 19.3 Å². The third-order valence-electron chi connectivity index (χ3n) is 5.51. The van der Waals surface area contributed by atoms with E-state index in [1.165, 1.54) is 12.1 Å². The summed E-state index contributed by atoms with van der Waals surface area (Å²) in [4.78, 5) is 22.4. The van der Waals surface area contributed by atoms with Crippen LogP contribution in [0.3, 0.4) is 0 Å². The van der Waals surface area contributed by atoms with Gasteiger partial charge in [-0.25, -0.2) is 19.0 Å². The third kappa shape index (κ3) is 4.06. The van der Waals surface area contributed by atoms with Gasteiger partial charge in [0.15, 0.2) is 0 Å². The number of halogens is 1. The molecule has 0 saturated carbocycles. The van der Waals surface area contributed by atoms with E-state index < -0.39 is 0 Å². The first-order valence-corrected chi connectivity index (χ1v) is 10.8. The number of nitrogens with one attached hydrogen (secondary N) is 1. The van der Waals surface area contributed by atoms with Crippen molar-refractivity contribution in [3.8, 4) is 22.5 Å². The van der Waals surface area contributed by atoms with Crippen LogP contribution in [0.25, 0.3) is 22.5 Å². The number of rotatable bonds is 7. The number of hydrogen-bond donors (Lipinski definition) is 1. The van der Waals surface area contributed by atoms with Crippen LogP contribution in [0, 0.1) is 5.82 Å². The van der Waals surface area contributed by atoms with E-state index in [0.717, 1.165) is 5.56 Å². The second kappa shape index (κ2) is 9.18. The molecule has 2 aromatic heterocycles. The Morgan fingerprint density at radius 1 is 0.969 bits per heavy atom. The number of hydrogen-bond acceptors (Lipinski definition) is 4. The SMILES string of the molecule is CCn1c(-c2ccnc(N[C@@H](C)c3ccccc3)n2)c(-c2ccc(F)cc2)c(=O)n1CC. The first-order valence-electron chi connectivity index (χ1n) is 10.8. The van der Waals surface area contributed by atoms with Gasteiger partial charge in [0.1, 0.15) is 5.82 Å². The van der Waals surface area contributed by atoms with Crippen LogP contribution in [0.15, 0.2) is 71.7 Å². The molecule has 1 N–H and O–H groups in total. The Balaban J connectivity index is 1.82. The van der Waals surface area contributed by atoms with Crippen LogP contribution in [0.1, 0.15) is 32.4 Å². The molecule has 0 aliphatic rings. The third-order valence-corrected chi connectivity index (χ3v) is 5.51. The molecule has 0 bridgehead atoms. The van der Waals surface area contributed by atoms with Crippen molar-refractivity contribution in [2.45, 2.75) is 39.9 Å². The lowest BCUT2D eigenvalue weighted by Crippen LogP contribution is -2.22. The Morgan fingerprint density at radius 2 is 1.66 bits per heavy atom. The highest BCUT2D eigenvalue weighted by atomic mass is 19.1. The van der Waals surface area contributed by atoms with E-state index >= 15 is 0 Å². The fourth-order valence-corrected chi connectivity index (χ4v) is 3.95. The Morgan fingerprint density at radius 3 is 2.31 bits per heavy atom. The zero-order valence-corrected chi connectivity index (χ0v) is 18.4. The van der Waals surface area contributed by atoms with Crippen molar-refractivity contribution in [3.63, 3.8) is 0 Å². The molecular formula is C25H26FN5O. The molecule has 7 heteroatoms. The summed E-state index contributed by atoms with van der Waals surface area (Å²) in [5.41, 5.74) is 3.50. The number of benzene rings is 2. The van der Waals surface area contributed by atoms with Gasteiger partial charge in [0.25, 0.3) is 5.56 Å². The van der Waals surface area contributed by atoms with Crippen molar-refractivity contribution >= 4 is 5.95 Å². The topological polar surface area (TPSA) is 64.7 Å². The molecule has 0 spiro atoms. The zero-order chi connectivity index (χ0) is 22.7. The summed E-state index contributed by atoms with van der Waals surface area (Å²) in [5, 5.41) is 3.34. The Kier molecular flexibility index (Phi) is 6.16. The van der Waals surface area contributed by atoms with Gasteiger partial charge in [-0.2, -0.15) is 0 Å². The average molecular weight is 432 g/mol. The number of nitrogens with zero attached hydrogens (tertiary/aromatic N) is 4. The summed E-state index contributed by atoms with van der Waals surface area (Å²) in [6.07, 6.45) is 1.69. The van der Waals surface area contributed by atoms with Gasteiger partial charge in [0.2, 0.25) is 5.95 Å². The van der Waals surface area contributed by atoms with Crippen molar-refractivity contribution in [3.05, 3.63) is 88.6 Å². The molecule has 4 aromatic rings. The van der Waals surface area contributed by atoms with Crippen molar-refractivity contribution in [2.24, 2.45) is 0 Å². The van der Waals surface area contributed by atoms with E-state index in [1.54, 1.807) is 29.1 Å². The predicted molar refractivity (Wildman–Crippen MR) is 125 cm³/mol.